The summed E-state index contributed by atoms with van der Waals surface area (Å²) in [6.07, 6.45) is 0. The van der Waals surface area contributed by atoms with Crippen molar-refractivity contribution in [3.8, 4) is 0 Å². The monoisotopic (exact) mass is 143 g/mol. The van der Waals surface area contributed by atoms with Gasteiger partial charge in [0, 0.05) is 6.96 Å². The first-order valence-electron chi connectivity index (χ1n) is 1.25. The molecule has 0 aromatic carbocycles. The van der Waals surface area contributed by atoms with Crippen molar-refractivity contribution in [3.05, 3.63) is 4.91 Å². The van der Waals surface area contributed by atoms with Crippen LogP contribution in [0.25, 0.3) is 0 Å². The summed E-state index contributed by atoms with van der Waals surface area (Å²) in [6.45, 7) is 1.22. The second kappa shape index (κ2) is 3.92. The Hall–Kier alpha value is 0.750. The molecule has 0 aliphatic rings. The van der Waals surface area contributed by atoms with Crippen molar-refractivity contribution in [1.82, 2.24) is 0 Å². The zero-order valence-electron chi connectivity index (χ0n) is 3.18. The Kier molecular flexibility index (Phi) is 4.41. The highest BCUT2D eigenvalue weighted by Crippen LogP contribution is 2.56. The molecule has 2 nitrogen and oxygen atoms in total. The van der Waals surface area contributed by atoms with Gasteiger partial charge in [0.1, 0.15) is 0 Å². The fraction of sp³-hybridized carbons (Fsp3) is 1.00. The van der Waals surface area contributed by atoms with Gasteiger partial charge in [-0.3, -0.25) is 0 Å². The maximum absolute atomic E-state index is 9.31. The van der Waals surface area contributed by atoms with Crippen molar-refractivity contribution < 1.29 is 0 Å². The SMILES string of the molecule is CP(Cl)PN=O. The first-order valence-corrected chi connectivity index (χ1v) is 5.73. The second-order valence-electron chi connectivity index (χ2n) is 0.668. The number of hydrogen-bond donors (Lipinski definition) is 0. The molecule has 0 heterocycles. The lowest BCUT2D eigenvalue weighted by molar-refractivity contribution is 1.88. The average Bonchev–Trinajstić information content (AvgIpc) is 1.35. The minimum atomic E-state index is -0.580. The van der Waals surface area contributed by atoms with E-state index in [0.717, 1.165) is 0 Å². The van der Waals surface area contributed by atoms with Crippen LogP contribution in [-0.4, -0.2) is 6.66 Å². The third-order valence-electron chi connectivity index (χ3n) is 0.179. The molecule has 6 heavy (non-hydrogen) atoms. The highest BCUT2D eigenvalue weighted by atomic mass is 35.7. The lowest BCUT2D eigenvalue weighted by Crippen LogP contribution is -1.31. The first kappa shape index (κ1) is 6.75. The lowest BCUT2D eigenvalue weighted by atomic mass is 12.0. The minimum absolute atomic E-state index is 0.0710. The largest absolute Gasteiger partial charge is 0.147 e. The molecule has 0 N–H and O–H groups in total. The normalized spacial score (nSPS) is 15.7. The van der Waals surface area contributed by atoms with E-state index in [2.05, 4.69) is 4.95 Å². The Morgan fingerprint density at radius 2 is 2.50 bits per heavy atom. The third kappa shape index (κ3) is 4.75. The maximum Gasteiger partial charge on any atom is 0.0901 e. The minimum Gasteiger partial charge on any atom is -0.147 e. The van der Waals surface area contributed by atoms with Crippen LogP contribution in [0.4, 0.5) is 0 Å². The average molecular weight is 143 g/mol. The molecule has 0 radical (unpaired) electrons. The summed E-state index contributed by atoms with van der Waals surface area (Å²) in [4.78, 5) is 11.9. The summed E-state index contributed by atoms with van der Waals surface area (Å²) in [5, 5.41) is 0. The van der Waals surface area contributed by atoms with Gasteiger partial charge in [-0.2, -0.15) is 0 Å². The zero-order chi connectivity index (χ0) is 4.99. The zero-order valence-corrected chi connectivity index (χ0v) is 5.83. The van der Waals surface area contributed by atoms with Gasteiger partial charge in [-0.1, -0.05) is 11.2 Å². The van der Waals surface area contributed by atoms with Crippen LogP contribution in [0.5, 0.6) is 0 Å². The number of hydrogen-bond acceptors (Lipinski definition) is 2. The molecule has 0 aromatic rings. The number of nitrogens with zero attached hydrogens (tertiary/aromatic N) is 1. The van der Waals surface area contributed by atoms with Gasteiger partial charge in [-0.05, 0) is 11.6 Å². The molecule has 0 amide bonds. The summed E-state index contributed by atoms with van der Waals surface area (Å²) >= 11 is 5.36. The molecule has 0 aromatic heterocycles. The molecule has 0 bridgehead atoms. The lowest BCUT2D eigenvalue weighted by Gasteiger charge is -1.85. The van der Waals surface area contributed by atoms with Gasteiger partial charge in [0.05, 0.1) is 8.42 Å². The molecule has 0 saturated heterocycles. The van der Waals surface area contributed by atoms with Crippen molar-refractivity contribution in [2.24, 2.45) is 4.95 Å². The van der Waals surface area contributed by atoms with E-state index < -0.39 is 6.96 Å². The van der Waals surface area contributed by atoms with Gasteiger partial charge in [-0.25, -0.2) is 0 Å². The van der Waals surface area contributed by atoms with Crippen LogP contribution in [0.3, 0.4) is 0 Å². The predicted octanol–water partition coefficient (Wildman–Crippen LogP) is 2.53. The standard InChI is InChI=1S/CH4ClNOP2/c1-6(2)5-3-4/h5H,1H3. The number of nitroso groups, excluding NO2 is 1. The second-order valence-corrected chi connectivity index (χ2v) is 6.99. The van der Waals surface area contributed by atoms with Crippen LogP contribution in [0.1, 0.15) is 0 Å². The van der Waals surface area contributed by atoms with Gasteiger partial charge in [0.15, 0.2) is 0 Å². The quantitative estimate of drug-likeness (QED) is 0.431. The van der Waals surface area contributed by atoms with E-state index in [4.69, 9.17) is 11.2 Å². The van der Waals surface area contributed by atoms with Crippen LogP contribution < -0.4 is 0 Å². The maximum atomic E-state index is 9.31. The van der Waals surface area contributed by atoms with E-state index in [1.807, 2.05) is 0 Å². The molecule has 0 spiro atoms. The van der Waals surface area contributed by atoms with E-state index in [-0.39, 0.29) is 8.42 Å². The van der Waals surface area contributed by atoms with Crippen molar-refractivity contribution in [2.45, 2.75) is 0 Å². The van der Waals surface area contributed by atoms with Gasteiger partial charge in [-0.15, -0.1) is 4.91 Å². The van der Waals surface area contributed by atoms with E-state index in [9.17, 15) is 4.91 Å². The smallest absolute Gasteiger partial charge is 0.0901 e. The fourth-order valence-corrected chi connectivity index (χ4v) is 0.784. The Balaban J connectivity index is 2.81. The van der Waals surface area contributed by atoms with Crippen molar-refractivity contribution >= 4 is 26.6 Å². The van der Waals surface area contributed by atoms with Crippen LogP contribution >= 0.6 is 26.6 Å². The molecular formula is CH4ClNOP2. The summed E-state index contributed by atoms with van der Waals surface area (Å²) in [6, 6.07) is 0. The van der Waals surface area contributed by atoms with Crippen LogP contribution in [0.15, 0.2) is 4.95 Å². The highest BCUT2D eigenvalue weighted by Gasteiger charge is 1.89. The van der Waals surface area contributed by atoms with Crippen molar-refractivity contribution in [3.63, 3.8) is 0 Å². The van der Waals surface area contributed by atoms with E-state index in [1.165, 1.54) is 0 Å². The molecule has 2 atom stereocenters. The topological polar surface area (TPSA) is 29.4 Å². The van der Waals surface area contributed by atoms with Crippen LogP contribution in [-0.2, 0) is 0 Å². The molecule has 0 fully saturated rings. The Morgan fingerprint density at radius 1 is 2.00 bits per heavy atom. The van der Waals surface area contributed by atoms with Crippen LogP contribution in [0, 0.1) is 4.91 Å². The highest BCUT2D eigenvalue weighted by molar-refractivity contribution is 8.32. The number of halogens is 1. The molecule has 0 aliphatic carbocycles. The Morgan fingerprint density at radius 3 is 2.50 bits per heavy atom. The van der Waals surface area contributed by atoms with Gasteiger partial charge in [0.2, 0.25) is 0 Å². The molecule has 0 rings (SSSR count). The van der Waals surface area contributed by atoms with E-state index in [1.54, 1.807) is 6.66 Å². The molecular weight excluding hydrogens is 139 g/mol. The van der Waals surface area contributed by atoms with Gasteiger partial charge < -0.3 is 0 Å². The molecule has 2 unspecified atom stereocenters. The number of rotatable bonds is 2. The van der Waals surface area contributed by atoms with Crippen molar-refractivity contribution in [2.75, 3.05) is 6.66 Å². The van der Waals surface area contributed by atoms with E-state index >= 15 is 0 Å². The fourth-order valence-electron chi connectivity index (χ4n) is 0.0563. The van der Waals surface area contributed by atoms with Crippen LogP contribution in [0.2, 0.25) is 0 Å². The Bertz CT molecular complexity index is 48.8. The van der Waals surface area contributed by atoms with E-state index in [0.29, 0.717) is 0 Å². The van der Waals surface area contributed by atoms with Gasteiger partial charge >= 0.3 is 0 Å². The third-order valence-corrected chi connectivity index (χ3v) is 2.29. The van der Waals surface area contributed by atoms with Crippen molar-refractivity contribution in [1.29, 1.82) is 0 Å². The molecule has 5 heteroatoms. The first-order chi connectivity index (χ1) is 2.77. The van der Waals surface area contributed by atoms with Gasteiger partial charge in [0.25, 0.3) is 0 Å². The predicted molar refractivity (Wildman–Crippen MR) is 32.8 cm³/mol. The summed E-state index contributed by atoms with van der Waals surface area (Å²) < 4.78 is 0. The summed E-state index contributed by atoms with van der Waals surface area (Å²) in [5.41, 5.74) is 0. The molecule has 0 saturated carbocycles. The molecule has 0 aliphatic heterocycles. The molecule has 36 valence electrons. The summed E-state index contributed by atoms with van der Waals surface area (Å²) in [5.74, 6) is 0. The Labute approximate surface area is 43.9 Å². The summed E-state index contributed by atoms with van der Waals surface area (Å²) in [7, 11) is 0.0710.